The summed E-state index contributed by atoms with van der Waals surface area (Å²) in [5.41, 5.74) is 0.439. The van der Waals surface area contributed by atoms with E-state index in [1.165, 1.54) is 6.08 Å². The van der Waals surface area contributed by atoms with E-state index in [0.29, 0.717) is 10.6 Å². The molecule has 0 radical (unpaired) electrons. The number of phosphoric ester groups is 1. The topological polar surface area (TPSA) is 125 Å². The number of aliphatic imine (C=N–C) groups is 1. The monoisotopic (exact) mass is 264 g/mol. The molecule has 9 heteroatoms. The van der Waals surface area contributed by atoms with Crippen molar-refractivity contribution in [3.05, 3.63) is 11.0 Å². The fraction of sp³-hybridized carbons (Fsp3) is 0.429. The molecule has 1 atom stereocenters. The summed E-state index contributed by atoms with van der Waals surface area (Å²) in [6, 6.07) is 0. The third-order valence-electron chi connectivity index (χ3n) is 1.61. The second-order valence-electron chi connectivity index (χ2n) is 2.82. The van der Waals surface area contributed by atoms with Gasteiger partial charge in [0, 0.05) is 10.6 Å². The van der Waals surface area contributed by atoms with Gasteiger partial charge in [-0.2, -0.15) is 0 Å². The van der Waals surface area contributed by atoms with E-state index < -0.39 is 25.8 Å². The van der Waals surface area contributed by atoms with E-state index in [9.17, 15) is 24.3 Å². The van der Waals surface area contributed by atoms with E-state index >= 15 is 0 Å². The van der Waals surface area contributed by atoms with Gasteiger partial charge in [0.2, 0.25) is 0 Å². The number of nitrogens with zero attached hydrogens (tertiary/aromatic N) is 1. The van der Waals surface area contributed by atoms with Crippen molar-refractivity contribution in [2.45, 2.75) is 12.3 Å². The molecule has 0 spiro atoms. The van der Waals surface area contributed by atoms with Gasteiger partial charge in [0.1, 0.15) is 5.37 Å². The lowest BCUT2D eigenvalue weighted by Gasteiger charge is -2.27. The molecule has 0 bridgehead atoms. The Morgan fingerprint density at radius 1 is 1.69 bits per heavy atom. The van der Waals surface area contributed by atoms with Gasteiger partial charge in [0.25, 0.3) is 0 Å². The van der Waals surface area contributed by atoms with Crippen LogP contribution in [0.3, 0.4) is 0 Å². The zero-order valence-electron chi connectivity index (χ0n) is 8.11. The molecule has 0 aromatic carbocycles. The molecule has 0 amide bonds. The third-order valence-corrected chi connectivity index (χ3v) is 3.31. The first-order valence-electron chi connectivity index (χ1n) is 4.08. The minimum Gasteiger partial charge on any atom is -0.790 e. The summed E-state index contributed by atoms with van der Waals surface area (Å²) in [6.45, 7) is 1.13. The largest absolute Gasteiger partial charge is 0.790 e. The summed E-state index contributed by atoms with van der Waals surface area (Å²) >= 11 is 0.899. The average molecular weight is 264 g/mol. The van der Waals surface area contributed by atoms with Crippen LogP contribution >= 0.6 is 19.6 Å². The summed E-state index contributed by atoms with van der Waals surface area (Å²) in [4.78, 5) is 35.0. The normalized spacial score (nSPS) is 23.6. The van der Waals surface area contributed by atoms with Crippen LogP contribution in [0.1, 0.15) is 6.92 Å². The maximum Gasteiger partial charge on any atom is 0.139 e. The molecule has 1 aliphatic heterocycles. The number of carboxylic acids is 1. The molecular weight excluding hydrogens is 257 g/mol. The molecule has 0 aromatic rings. The summed E-state index contributed by atoms with van der Waals surface area (Å²) in [5.74, 6) is -1.33. The van der Waals surface area contributed by atoms with Gasteiger partial charge in [-0.1, -0.05) is 11.8 Å². The summed E-state index contributed by atoms with van der Waals surface area (Å²) < 4.78 is 14.1. The van der Waals surface area contributed by atoms with Crippen molar-refractivity contribution in [3.63, 3.8) is 0 Å². The smallest absolute Gasteiger partial charge is 0.139 e. The predicted octanol–water partition coefficient (Wildman–Crippen LogP) is -2.00. The summed E-state index contributed by atoms with van der Waals surface area (Å²) in [7, 11) is -5.00. The van der Waals surface area contributed by atoms with Crippen LogP contribution in [-0.4, -0.2) is 23.7 Å². The van der Waals surface area contributed by atoms with Crippen LogP contribution in [0.2, 0.25) is 0 Å². The first-order valence-corrected chi connectivity index (χ1v) is 6.42. The van der Waals surface area contributed by atoms with Crippen LogP contribution in [0, 0.1) is 0 Å². The van der Waals surface area contributed by atoms with Gasteiger partial charge in [-0.25, -0.2) is 0 Å². The van der Waals surface area contributed by atoms with Crippen LogP contribution in [0.25, 0.3) is 0 Å². The Balaban J connectivity index is 2.58. The lowest BCUT2D eigenvalue weighted by atomic mass is 10.3. The zero-order valence-corrected chi connectivity index (χ0v) is 9.82. The van der Waals surface area contributed by atoms with Crippen LogP contribution in [0.4, 0.5) is 0 Å². The number of rotatable bonds is 4. The summed E-state index contributed by atoms with van der Waals surface area (Å²) in [6.07, 6.45) is 1.29. The second-order valence-corrected chi connectivity index (χ2v) is 5.09. The molecule has 0 saturated carbocycles. The number of hydrogen-bond acceptors (Lipinski definition) is 8. The van der Waals surface area contributed by atoms with E-state index in [4.69, 9.17) is 0 Å². The van der Waals surface area contributed by atoms with E-state index in [-0.39, 0.29) is 0 Å². The number of carboxylic acid groups (broad SMARTS) is 1. The lowest BCUT2D eigenvalue weighted by molar-refractivity contribution is -0.341. The minimum atomic E-state index is -5.00. The Labute approximate surface area is 95.5 Å². The van der Waals surface area contributed by atoms with Crippen molar-refractivity contribution in [2.75, 3.05) is 6.61 Å². The molecule has 0 fully saturated rings. The molecule has 1 unspecified atom stereocenters. The predicted molar refractivity (Wildman–Crippen MR) is 51.1 cm³/mol. The number of aliphatic carboxylic acids is 1. The highest BCUT2D eigenvalue weighted by molar-refractivity contribution is 8.05. The number of phosphoric acid groups is 1. The zero-order chi connectivity index (χ0) is 12.3. The highest BCUT2D eigenvalue weighted by Gasteiger charge is 2.20. The van der Waals surface area contributed by atoms with Crippen LogP contribution in [0.15, 0.2) is 16.0 Å². The third kappa shape index (κ3) is 4.07. The van der Waals surface area contributed by atoms with Crippen molar-refractivity contribution in [1.82, 2.24) is 0 Å². The van der Waals surface area contributed by atoms with E-state index in [1.54, 1.807) is 6.92 Å². The quantitative estimate of drug-likeness (QED) is 0.537. The molecule has 0 aromatic heterocycles. The molecule has 90 valence electrons. The molecule has 1 rings (SSSR count). The fourth-order valence-corrected chi connectivity index (χ4v) is 2.16. The van der Waals surface area contributed by atoms with Gasteiger partial charge >= 0.3 is 0 Å². The van der Waals surface area contributed by atoms with Gasteiger partial charge in [-0.3, -0.25) is 4.99 Å². The van der Waals surface area contributed by atoms with Gasteiger partial charge < -0.3 is 28.8 Å². The van der Waals surface area contributed by atoms with Crippen molar-refractivity contribution >= 4 is 31.3 Å². The molecule has 16 heavy (non-hydrogen) atoms. The van der Waals surface area contributed by atoms with E-state index in [1.807, 2.05) is 0 Å². The maximum atomic E-state index is 10.5. The van der Waals surface area contributed by atoms with Gasteiger partial charge in [0.15, 0.2) is 0 Å². The van der Waals surface area contributed by atoms with Crippen LogP contribution < -0.4 is 14.9 Å². The maximum absolute atomic E-state index is 10.5. The van der Waals surface area contributed by atoms with Crippen molar-refractivity contribution < 1.29 is 28.8 Å². The van der Waals surface area contributed by atoms with Crippen molar-refractivity contribution in [3.8, 4) is 0 Å². The SMILES string of the molecule is CC1=NC(C(=O)[O-])SC1=CCOP(=O)([O-])[O-]. The molecule has 1 aliphatic rings. The summed E-state index contributed by atoms with van der Waals surface area (Å²) in [5, 5.41) is 9.45. The number of hydrogen-bond donors (Lipinski definition) is 0. The fourth-order valence-electron chi connectivity index (χ4n) is 0.972. The Morgan fingerprint density at radius 3 is 2.75 bits per heavy atom. The number of allylic oxidation sites excluding steroid dienone is 1. The Hall–Kier alpha value is -0.660. The number of thioether (sulfide) groups is 1. The average Bonchev–Trinajstić information content (AvgIpc) is 2.46. The van der Waals surface area contributed by atoms with Crippen molar-refractivity contribution in [1.29, 1.82) is 0 Å². The van der Waals surface area contributed by atoms with Crippen molar-refractivity contribution in [2.24, 2.45) is 4.99 Å². The standard InChI is InChI=1S/C7H10NO6PS/c1-4-5(2-3-14-15(11,12)13)16-6(8-4)7(9)10/h2,6H,3H2,1H3,(H,9,10)(H2,11,12,13)/p-3. The van der Waals surface area contributed by atoms with E-state index in [0.717, 1.165) is 11.8 Å². The molecule has 7 nitrogen and oxygen atoms in total. The highest BCUT2D eigenvalue weighted by Crippen LogP contribution is 2.32. The minimum absolute atomic E-state index is 0.431. The van der Waals surface area contributed by atoms with Gasteiger partial charge in [-0.05, 0) is 13.0 Å². The molecule has 1 heterocycles. The van der Waals surface area contributed by atoms with Gasteiger partial charge in [0.05, 0.1) is 20.4 Å². The van der Waals surface area contributed by atoms with E-state index in [2.05, 4.69) is 9.52 Å². The highest BCUT2D eigenvalue weighted by atomic mass is 32.2. The molecule has 0 N–H and O–H groups in total. The van der Waals surface area contributed by atoms with Gasteiger partial charge in [-0.15, -0.1) is 0 Å². The van der Waals surface area contributed by atoms with Crippen LogP contribution in [-0.2, 0) is 13.9 Å². The molecule has 0 saturated heterocycles. The number of carbonyl (C=O) groups is 1. The second kappa shape index (κ2) is 5.11. The first-order chi connectivity index (χ1) is 7.29. The molecule has 0 aliphatic carbocycles. The lowest BCUT2D eigenvalue weighted by Crippen LogP contribution is -2.31. The number of carbonyl (C=O) groups excluding carboxylic acids is 1. The van der Waals surface area contributed by atoms with Crippen LogP contribution in [0.5, 0.6) is 0 Å². The Kier molecular flexibility index (Phi) is 4.28. The Morgan fingerprint density at radius 2 is 2.31 bits per heavy atom. The Bertz CT molecular complexity index is 400. The molecular formula is C7H7NO6PS-3. The first kappa shape index (κ1) is 13.4.